The van der Waals surface area contributed by atoms with Crippen molar-refractivity contribution >= 4 is 44.3 Å². The van der Waals surface area contributed by atoms with Crippen molar-refractivity contribution in [3.05, 3.63) is 188 Å². The average Bonchev–Trinajstić information content (AvgIpc) is 3.34. The molecule has 9 heteroatoms. The number of nitrogens with zero attached hydrogens (tertiary/aromatic N) is 3. The number of pyridine rings is 3. The van der Waals surface area contributed by atoms with Crippen LogP contribution in [0, 0.1) is 11.8 Å². The molecule has 3 heterocycles. The second kappa shape index (κ2) is 17.3. The Kier molecular flexibility index (Phi) is 10.8. The number of ether oxygens (including phenoxy) is 3. The number of aromatic nitrogens is 3. The van der Waals surface area contributed by atoms with Crippen molar-refractivity contribution in [3.63, 3.8) is 0 Å². The third-order valence-electron chi connectivity index (χ3n) is 11.8. The number of benzene rings is 6. The molecule has 0 radical (unpaired) electrons. The minimum absolute atomic E-state index is 0.172. The molecule has 63 heavy (non-hydrogen) atoms. The number of hydrogen-bond donors (Lipinski definition) is 1. The van der Waals surface area contributed by atoms with Crippen molar-refractivity contribution in [1.29, 1.82) is 0 Å². The van der Waals surface area contributed by atoms with E-state index >= 15 is 0 Å². The van der Waals surface area contributed by atoms with Crippen LogP contribution in [0.4, 0.5) is 0 Å². The molecule has 1 aliphatic carbocycles. The summed E-state index contributed by atoms with van der Waals surface area (Å²) < 4.78 is 18.8. The van der Waals surface area contributed by atoms with E-state index in [-0.39, 0.29) is 19.3 Å². The molecule has 1 aliphatic rings. The number of rotatable bonds is 10. The average molecular weight is 828 g/mol. The summed E-state index contributed by atoms with van der Waals surface area (Å²) >= 11 is 0. The van der Waals surface area contributed by atoms with Crippen LogP contribution in [0.15, 0.2) is 182 Å². The molecule has 4 unspecified atom stereocenters. The number of aliphatic hydroxyl groups is 1. The summed E-state index contributed by atoms with van der Waals surface area (Å²) in [6.45, 7) is 0. The molecule has 0 bridgehead atoms. The second-order valence-electron chi connectivity index (χ2n) is 15.8. The molecule has 0 amide bonds. The number of aliphatic hydroxyl groups excluding tert-OH is 1. The van der Waals surface area contributed by atoms with Crippen LogP contribution < -0.4 is 9.47 Å². The standard InChI is InChI=1S/C54H41N3O6/c58-52(62-47-32-56-50(35-18-6-2-7-19-35)44-26-14-11-23-41(44)47)37-28-38(53(59)63-48-33-57-51(36-20-8-3-9-21-36)45-27-15-12-24-42(45)48)30-39(29-37)61-54(60)46-31-55-49(34-16-4-1-5-17-34)43-25-13-10-22-40(43)46/h1-27,31-33,37-39,52,58H,28-30H2. The maximum Gasteiger partial charge on any atom is 0.340 e. The molecule has 1 N–H and O–H groups in total. The van der Waals surface area contributed by atoms with E-state index in [1.807, 2.05) is 164 Å². The normalized spacial score (nSPS) is 16.7. The Morgan fingerprint density at radius 2 is 0.921 bits per heavy atom. The monoisotopic (exact) mass is 827 g/mol. The Balaban J connectivity index is 0.957. The number of esters is 2. The molecule has 9 aromatic rings. The molecule has 0 saturated heterocycles. The SMILES string of the molecule is O=C(OC1CC(C(=O)Oc2cnc(-c3ccccc3)c3ccccc23)CC(C(O)Oc2cnc(-c3ccccc3)c3ccccc23)C1)c1cnc(-c2ccccc2)c2ccccc12. The fourth-order valence-electron chi connectivity index (χ4n) is 8.81. The van der Waals surface area contributed by atoms with Gasteiger partial charge in [0.05, 0.1) is 41.0 Å². The summed E-state index contributed by atoms with van der Waals surface area (Å²) in [5.74, 6) is -1.79. The Hall–Kier alpha value is -7.75. The Morgan fingerprint density at radius 3 is 1.46 bits per heavy atom. The highest BCUT2D eigenvalue weighted by molar-refractivity contribution is 6.08. The van der Waals surface area contributed by atoms with Gasteiger partial charge in [0.25, 0.3) is 0 Å². The first-order valence-electron chi connectivity index (χ1n) is 21.1. The highest BCUT2D eigenvalue weighted by atomic mass is 16.6. The van der Waals surface area contributed by atoms with Gasteiger partial charge in [-0.3, -0.25) is 19.7 Å². The van der Waals surface area contributed by atoms with Gasteiger partial charge in [-0.2, -0.15) is 0 Å². The predicted octanol–water partition coefficient (Wildman–Crippen LogP) is 11.3. The van der Waals surface area contributed by atoms with Crippen molar-refractivity contribution < 1.29 is 28.9 Å². The highest BCUT2D eigenvalue weighted by Gasteiger charge is 2.40. The van der Waals surface area contributed by atoms with Gasteiger partial charge in [-0.25, -0.2) is 4.79 Å². The van der Waals surface area contributed by atoms with Gasteiger partial charge in [0, 0.05) is 55.7 Å². The summed E-state index contributed by atoms with van der Waals surface area (Å²) in [5.41, 5.74) is 5.43. The lowest BCUT2D eigenvalue weighted by molar-refractivity contribution is -0.147. The van der Waals surface area contributed by atoms with E-state index in [0.29, 0.717) is 22.4 Å². The first-order chi connectivity index (χ1) is 31.0. The Morgan fingerprint density at radius 1 is 0.492 bits per heavy atom. The van der Waals surface area contributed by atoms with E-state index in [4.69, 9.17) is 29.2 Å². The number of carbonyl (C=O) groups is 2. The summed E-state index contributed by atoms with van der Waals surface area (Å²) in [6.07, 6.45) is 3.21. The van der Waals surface area contributed by atoms with Crippen molar-refractivity contribution in [3.8, 4) is 45.3 Å². The van der Waals surface area contributed by atoms with Gasteiger partial charge in [-0.15, -0.1) is 0 Å². The maximum absolute atomic E-state index is 14.4. The molecule has 0 spiro atoms. The molecular weight excluding hydrogens is 787 g/mol. The van der Waals surface area contributed by atoms with Crippen LogP contribution in [0.3, 0.4) is 0 Å². The van der Waals surface area contributed by atoms with Crippen molar-refractivity contribution in [2.75, 3.05) is 0 Å². The van der Waals surface area contributed by atoms with Gasteiger partial charge in [-0.05, 0) is 24.6 Å². The van der Waals surface area contributed by atoms with Crippen LogP contribution in [-0.4, -0.2) is 44.4 Å². The maximum atomic E-state index is 14.4. The van der Waals surface area contributed by atoms with E-state index in [1.165, 1.54) is 0 Å². The van der Waals surface area contributed by atoms with Crippen LogP contribution in [-0.2, 0) is 9.53 Å². The second-order valence-corrected chi connectivity index (χ2v) is 15.8. The molecule has 6 aromatic carbocycles. The fourth-order valence-corrected chi connectivity index (χ4v) is 8.81. The third kappa shape index (κ3) is 7.98. The van der Waals surface area contributed by atoms with Gasteiger partial charge in [-0.1, -0.05) is 164 Å². The molecule has 4 atom stereocenters. The third-order valence-corrected chi connectivity index (χ3v) is 11.8. The summed E-state index contributed by atoms with van der Waals surface area (Å²) in [6, 6.07) is 52.6. The van der Waals surface area contributed by atoms with Gasteiger partial charge in [0.2, 0.25) is 0 Å². The molecule has 3 aromatic heterocycles. The highest BCUT2D eigenvalue weighted by Crippen LogP contribution is 2.40. The zero-order valence-corrected chi connectivity index (χ0v) is 34.1. The van der Waals surface area contributed by atoms with Crippen LogP contribution in [0.2, 0.25) is 0 Å². The first kappa shape index (κ1) is 39.4. The van der Waals surface area contributed by atoms with E-state index in [9.17, 15) is 14.7 Å². The van der Waals surface area contributed by atoms with Gasteiger partial charge >= 0.3 is 11.9 Å². The molecule has 10 rings (SSSR count). The first-order valence-corrected chi connectivity index (χ1v) is 21.1. The van der Waals surface area contributed by atoms with Crippen molar-refractivity contribution in [2.45, 2.75) is 31.7 Å². The van der Waals surface area contributed by atoms with Crippen molar-refractivity contribution in [1.82, 2.24) is 15.0 Å². The largest absolute Gasteiger partial charge is 0.463 e. The predicted molar refractivity (Wildman–Crippen MR) is 244 cm³/mol. The fraction of sp³-hybridized carbons (Fsp3) is 0.130. The number of fused-ring (bicyclic) bond motifs is 3. The molecule has 9 nitrogen and oxygen atoms in total. The van der Waals surface area contributed by atoms with E-state index in [0.717, 1.165) is 60.7 Å². The smallest absolute Gasteiger partial charge is 0.340 e. The molecule has 0 aliphatic heterocycles. The summed E-state index contributed by atoms with van der Waals surface area (Å²) in [5, 5.41) is 16.6. The number of carbonyl (C=O) groups excluding carboxylic acids is 2. The van der Waals surface area contributed by atoms with Gasteiger partial charge in [0.1, 0.15) is 11.9 Å². The minimum Gasteiger partial charge on any atom is -0.463 e. The zero-order chi connectivity index (χ0) is 42.7. The van der Waals surface area contributed by atoms with Crippen LogP contribution in [0.25, 0.3) is 66.1 Å². The molecule has 1 saturated carbocycles. The topological polar surface area (TPSA) is 121 Å². The van der Waals surface area contributed by atoms with Crippen molar-refractivity contribution in [2.24, 2.45) is 11.8 Å². The lowest BCUT2D eigenvalue weighted by Crippen LogP contribution is -2.41. The quantitative estimate of drug-likeness (QED) is 0.106. The minimum atomic E-state index is -1.38. The van der Waals surface area contributed by atoms with E-state index in [2.05, 4.69) is 0 Å². The van der Waals surface area contributed by atoms with E-state index in [1.54, 1.807) is 18.6 Å². The van der Waals surface area contributed by atoms with Crippen LogP contribution in [0.5, 0.6) is 11.5 Å². The van der Waals surface area contributed by atoms with Crippen LogP contribution in [0.1, 0.15) is 29.6 Å². The van der Waals surface area contributed by atoms with Gasteiger partial charge in [0.15, 0.2) is 12.0 Å². The lowest BCUT2D eigenvalue weighted by atomic mass is 9.79. The molecular formula is C54H41N3O6. The van der Waals surface area contributed by atoms with Gasteiger partial charge < -0.3 is 19.3 Å². The van der Waals surface area contributed by atoms with Crippen LogP contribution >= 0.6 is 0 Å². The number of hydrogen-bond acceptors (Lipinski definition) is 9. The zero-order valence-electron chi connectivity index (χ0n) is 34.1. The lowest BCUT2D eigenvalue weighted by Gasteiger charge is -2.35. The van der Waals surface area contributed by atoms with E-state index < -0.39 is 36.2 Å². The Labute approximate surface area is 363 Å². The Bertz CT molecular complexity index is 3110. The summed E-state index contributed by atoms with van der Waals surface area (Å²) in [7, 11) is 0. The molecule has 1 fully saturated rings. The summed E-state index contributed by atoms with van der Waals surface area (Å²) in [4.78, 5) is 42.8. The molecule has 308 valence electrons.